The van der Waals surface area contributed by atoms with Crippen molar-refractivity contribution in [3.63, 3.8) is 0 Å². The van der Waals surface area contributed by atoms with Crippen LogP contribution in [-0.2, 0) is 0 Å². The lowest BCUT2D eigenvalue weighted by molar-refractivity contribution is 0.548. The fourth-order valence-electron chi connectivity index (χ4n) is 1.55. The molecule has 0 atom stereocenters. The van der Waals surface area contributed by atoms with E-state index >= 15 is 0 Å². The average Bonchev–Trinajstić information content (AvgIpc) is 2.36. The molecule has 2 aromatic rings. The molecule has 3 N–H and O–H groups in total. The predicted octanol–water partition coefficient (Wildman–Crippen LogP) is 2.43. The summed E-state index contributed by atoms with van der Waals surface area (Å²) in [6.07, 6.45) is 0. The van der Waals surface area contributed by atoms with Gasteiger partial charge in [-0.25, -0.2) is 4.39 Å². The molecule has 0 spiro atoms. The van der Waals surface area contributed by atoms with E-state index in [0.717, 1.165) is 0 Å². The summed E-state index contributed by atoms with van der Waals surface area (Å²) in [7, 11) is 0. The van der Waals surface area contributed by atoms with Crippen LogP contribution < -0.4 is 11.1 Å². The molecule has 4 nitrogen and oxygen atoms in total. The van der Waals surface area contributed by atoms with Crippen molar-refractivity contribution in [3.8, 4) is 11.3 Å². The molecule has 0 fully saturated rings. The topological polar surface area (TPSA) is 63.8 Å². The van der Waals surface area contributed by atoms with Crippen LogP contribution in [0.5, 0.6) is 0 Å². The van der Waals surface area contributed by atoms with Gasteiger partial charge in [0.15, 0.2) is 0 Å². The smallest absolute Gasteiger partial charge is 0.148 e. The Hall–Kier alpha value is -2.01. The van der Waals surface area contributed by atoms with Crippen LogP contribution in [0.15, 0.2) is 36.4 Å². The molecule has 0 bridgehead atoms. The second kappa shape index (κ2) is 5.32. The van der Waals surface area contributed by atoms with Gasteiger partial charge >= 0.3 is 0 Å². The van der Waals surface area contributed by atoms with Crippen LogP contribution in [0.25, 0.3) is 11.3 Å². The Bertz CT molecular complexity index is 546. The molecule has 0 aliphatic rings. The first-order valence-electron chi connectivity index (χ1n) is 6.06. The molecule has 1 heterocycles. The molecule has 0 saturated carbocycles. The molecule has 0 radical (unpaired) electrons. The van der Waals surface area contributed by atoms with Gasteiger partial charge < -0.3 is 11.1 Å². The Kier molecular flexibility index (Phi) is 3.76. The zero-order chi connectivity index (χ0) is 13.9. The van der Waals surface area contributed by atoms with Crippen molar-refractivity contribution in [2.24, 2.45) is 5.73 Å². The zero-order valence-electron chi connectivity index (χ0n) is 11.0. The van der Waals surface area contributed by atoms with E-state index in [1.165, 1.54) is 12.1 Å². The quantitative estimate of drug-likeness (QED) is 0.886. The maximum absolute atomic E-state index is 13.1. The number of rotatable bonds is 4. The van der Waals surface area contributed by atoms with Gasteiger partial charge in [-0.1, -0.05) is 12.1 Å². The van der Waals surface area contributed by atoms with Crippen molar-refractivity contribution in [2.75, 3.05) is 11.9 Å². The molecule has 0 amide bonds. The van der Waals surface area contributed by atoms with E-state index in [4.69, 9.17) is 5.73 Å². The molecule has 0 aliphatic heterocycles. The fourth-order valence-corrected chi connectivity index (χ4v) is 1.55. The summed E-state index contributed by atoms with van der Waals surface area (Å²) < 4.78 is 13.1. The monoisotopic (exact) mass is 260 g/mol. The Balaban J connectivity index is 2.10. The number of nitrogens with zero attached hydrogens (tertiary/aromatic N) is 2. The number of hydrogen-bond acceptors (Lipinski definition) is 4. The molecule has 1 aromatic carbocycles. The van der Waals surface area contributed by atoms with Crippen molar-refractivity contribution >= 4 is 5.82 Å². The molecule has 0 aliphatic carbocycles. The molecular weight excluding hydrogens is 243 g/mol. The van der Waals surface area contributed by atoms with Crippen LogP contribution in [0.2, 0.25) is 0 Å². The Morgan fingerprint density at radius 3 is 2.58 bits per heavy atom. The van der Waals surface area contributed by atoms with E-state index in [9.17, 15) is 4.39 Å². The number of aromatic nitrogens is 2. The van der Waals surface area contributed by atoms with E-state index < -0.39 is 0 Å². The van der Waals surface area contributed by atoms with Crippen molar-refractivity contribution in [1.82, 2.24) is 10.2 Å². The highest BCUT2D eigenvalue weighted by molar-refractivity contribution is 5.59. The van der Waals surface area contributed by atoms with E-state index in [-0.39, 0.29) is 11.4 Å². The minimum atomic E-state index is -0.317. The maximum atomic E-state index is 13.1. The van der Waals surface area contributed by atoms with Crippen molar-refractivity contribution in [3.05, 3.63) is 42.2 Å². The maximum Gasteiger partial charge on any atom is 0.148 e. The van der Waals surface area contributed by atoms with Gasteiger partial charge in [0, 0.05) is 17.6 Å². The summed E-state index contributed by atoms with van der Waals surface area (Å²) in [6.45, 7) is 4.45. The molecule has 100 valence electrons. The van der Waals surface area contributed by atoms with Crippen LogP contribution in [0.1, 0.15) is 13.8 Å². The van der Waals surface area contributed by atoms with Gasteiger partial charge in [0.05, 0.1) is 5.69 Å². The molecule has 19 heavy (non-hydrogen) atoms. The van der Waals surface area contributed by atoms with Crippen molar-refractivity contribution < 1.29 is 4.39 Å². The predicted molar refractivity (Wildman–Crippen MR) is 74.2 cm³/mol. The summed E-state index contributed by atoms with van der Waals surface area (Å²) in [5.74, 6) is 0.366. The van der Waals surface area contributed by atoms with Gasteiger partial charge in [-0.05, 0) is 38.1 Å². The van der Waals surface area contributed by atoms with E-state index in [1.54, 1.807) is 24.3 Å². The number of anilines is 1. The van der Waals surface area contributed by atoms with E-state index in [2.05, 4.69) is 15.5 Å². The Labute approximate surface area is 111 Å². The van der Waals surface area contributed by atoms with E-state index in [0.29, 0.717) is 23.6 Å². The second-order valence-electron chi connectivity index (χ2n) is 5.16. The number of nitrogens with two attached hydrogens (primary N) is 1. The van der Waals surface area contributed by atoms with Gasteiger partial charge in [-0.2, -0.15) is 0 Å². The first-order valence-corrected chi connectivity index (χ1v) is 6.06. The molecular formula is C14H17FN4. The molecule has 2 rings (SSSR count). The minimum absolute atomic E-state index is 0.286. The molecule has 0 unspecified atom stereocenters. The van der Waals surface area contributed by atoms with Crippen molar-refractivity contribution in [2.45, 2.75) is 19.4 Å². The minimum Gasteiger partial charge on any atom is -0.367 e. The third-order valence-corrected chi connectivity index (χ3v) is 2.51. The number of nitrogens with one attached hydrogen (secondary N) is 1. The third kappa shape index (κ3) is 3.99. The molecule has 0 saturated heterocycles. The highest BCUT2D eigenvalue weighted by atomic mass is 19.1. The normalized spacial score (nSPS) is 11.4. The van der Waals surface area contributed by atoms with Crippen LogP contribution in [0.4, 0.5) is 10.2 Å². The van der Waals surface area contributed by atoms with Crippen molar-refractivity contribution in [1.29, 1.82) is 0 Å². The van der Waals surface area contributed by atoms with Crippen LogP contribution in [0, 0.1) is 5.82 Å². The fraction of sp³-hybridized carbons (Fsp3) is 0.286. The number of benzene rings is 1. The Morgan fingerprint density at radius 2 is 2.00 bits per heavy atom. The second-order valence-corrected chi connectivity index (χ2v) is 5.16. The van der Waals surface area contributed by atoms with Gasteiger partial charge in [0.1, 0.15) is 11.6 Å². The number of halogens is 1. The first-order chi connectivity index (χ1) is 8.94. The lowest BCUT2D eigenvalue weighted by atomic mass is 10.1. The summed E-state index contributed by atoms with van der Waals surface area (Å²) >= 11 is 0. The first kappa shape index (κ1) is 13.4. The largest absolute Gasteiger partial charge is 0.367 e. The average molecular weight is 260 g/mol. The summed E-state index contributed by atoms with van der Waals surface area (Å²) in [6, 6.07) is 9.88. The summed E-state index contributed by atoms with van der Waals surface area (Å²) in [4.78, 5) is 0. The van der Waals surface area contributed by atoms with Gasteiger partial charge in [-0.3, -0.25) is 0 Å². The summed E-state index contributed by atoms with van der Waals surface area (Å²) in [5, 5.41) is 11.2. The lowest BCUT2D eigenvalue weighted by Crippen LogP contribution is -2.39. The van der Waals surface area contributed by atoms with Crippen LogP contribution in [-0.4, -0.2) is 22.3 Å². The Morgan fingerprint density at radius 1 is 1.21 bits per heavy atom. The zero-order valence-corrected chi connectivity index (χ0v) is 11.0. The van der Waals surface area contributed by atoms with Gasteiger partial charge in [0.25, 0.3) is 0 Å². The molecule has 1 aromatic heterocycles. The van der Waals surface area contributed by atoms with Crippen LogP contribution in [0.3, 0.4) is 0 Å². The summed E-state index contributed by atoms with van der Waals surface area (Å²) in [5.41, 5.74) is 6.89. The standard InChI is InChI=1S/C14H17FN4/c1-14(2,16)9-17-13-7-6-12(18-19-13)10-4-3-5-11(15)8-10/h3-8H,9,16H2,1-2H3,(H,17,19). The SMILES string of the molecule is CC(C)(N)CNc1ccc(-c2cccc(F)c2)nn1. The highest BCUT2D eigenvalue weighted by Gasteiger charge is 2.10. The van der Waals surface area contributed by atoms with E-state index in [1.807, 2.05) is 13.8 Å². The highest BCUT2D eigenvalue weighted by Crippen LogP contribution is 2.18. The third-order valence-electron chi connectivity index (χ3n) is 2.51. The van der Waals surface area contributed by atoms with Gasteiger partial charge in [0.2, 0.25) is 0 Å². The van der Waals surface area contributed by atoms with Gasteiger partial charge in [-0.15, -0.1) is 10.2 Å². The lowest BCUT2D eigenvalue weighted by Gasteiger charge is -2.18. The van der Waals surface area contributed by atoms with Crippen LogP contribution >= 0.6 is 0 Å². The number of hydrogen-bond donors (Lipinski definition) is 2. The molecule has 5 heteroatoms.